The highest BCUT2D eigenvalue weighted by Gasteiger charge is 2.28. The molecule has 1 fully saturated rings. The van der Waals surface area contributed by atoms with Gasteiger partial charge in [-0.2, -0.15) is 5.10 Å². The molecule has 1 aromatic heterocycles. The van der Waals surface area contributed by atoms with Gasteiger partial charge in [-0.25, -0.2) is 4.68 Å². The van der Waals surface area contributed by atoms with Crippen LogP contribution >= 0.6 is 11.6 Å². The largest absolute Gasteiger partial charge is 0.369 e. The van der Waals surface area contributed by atoms with Crippen LogP contribution in [0.1, 0.15) is 23.2 Å². The number of rotatable bonds is 3. The third-order valence-electron chi connectivity index (χ3n) is 4.04. The van der Waals surface area contributed by atoms with E-state index in [-0.39, 0.29) is 17.7 Å². The average Bonchev–Trinajstić information content (AvgIpc) is 3.04. The molecule has 23 heavy (non-hydrogen) atoms. The molecule has 1 aromatic carbocycles. The number of likely N-dealkylation sites (tertiary alicyclic amines) is 1. The Kier molecular flexibility index (Phi) is 4.34. The molecular formula is C16H17ClN4O2. The summed E-state index contributed by atoms with van der Waals surface area (Å²) in [6.45, 7) is 0.991. The van der Waals surface area contributed by atoms with E-state index in [0.717, 1.165) is 12.8 Å². The molecule has 3 rings (SSSR count). The van der Waals surface area contributed by atoms with Gasteiger partial charge in [0.2, 0.25) is 5.91 Å². The Labute approximate surface area is 138 Å². The number of hydrogen-bond donors (Lipinski definition) is 1. The van der Waals surface area contributed by atoms with Crippen molar-refractivity contribution < 1.29 is 9.59 Å². The molecule has 0 spiro atoms. The molecular weight excluding hydrogens is 316 g/mol. The zero-order chi connectivity index (χ0) is 16.4. The standard InChI is InChI=1S/C16H17ClN4O2/c17-13-5-1-2-6-14(13)21-10-12(8-19-21)16(23)20-7-3-4-11(9-20)15(18)22/h1-2,5-6,8,10-11H,3-4,7,9H2,(H2,18,22). The van der Waals surface area contributed by atoms with Gasteiger partial charge in [0.25, 0.3) is 5.91 Å². The van der Waals surface area contributed by atoms with Crippen molar-refractivity contribution in [2.45, 2.75) is 12.8 Å². The average molecular weight is 333 g/mol. The minimum absolute atomic E-state index is 0.144. The number of primary amides is 1. The smallest absolute Gasteiger partial charge is 0.257 e. The molecule has 0 saturated carbocycles. The molecule has 7 heteroatoms. The van der Waals surface area contributed by atoms with Crippen LogP contribution in [0.15, 0.2) is 36.7 Å². The van der Waals surface area contributed by atoms with Crippen molar-refractivity contribution in [3.05, 3.63) is 47.2 Å². The molecule has 1 saturated heterocycles. The molecule has 6 nitrogen and oxygen atoms in total. The van der Waals surface area contributed by atoms with Crippen LogP contribution in [0, 0.1) is 5.92 Å². The molecule has 120 valence electrons. The fourth-order valence-electron chi connectivity index (χ4n) is 2.78. The van der Waals surface area contributed by atoms with Crippen molar-refractivity contribution in [3.8, 4) is 5.69 Å². The SMILES string of the molecule is NC(=O)C1CCCN(C(=O)c2cnn(-c3ccccc3Cl)c2)C1. The number of para-hydroxylation sites is 1. The van der Waals surface area contributed by atoms with Gasteiger partial charge in [-0.3, -0.25) is 9.59 Å². The Morgan fingerprint density at radius 3 is 2.83 bits per heavy atom. The van der Waals surface area contributed by atoms with E-state index in [4.69, 9.17) is 17.3 Å². The fourth-order valence-corrected chi connectivity index (χ4v) is 3.00. The lowest BCUT2D eigenvalue weighted by Gasteiger charge is -2.30. The van der Waals surface area contributed by atoms with Crippen LogP contribution in [0.5, 0.6) is 0 Å². The minimum atomic E-state index is -0.353. The van der Waals surface area contributed by atoms with Crippen LogP contribution in [0.25, 0.3) is 5.69 Å². The maximum absolute atomic E-state index is 12.6. The number of carbonyl (C=O) groups excluding carboxylic acids is 2. The van der Waals surface area contributed by atoms with E-state index >= 15 is 0 Å². The van der Waals surface area contributed by atoms with Crippen molar-refractivity contribution in [2.24, 2.45) is 11.7 Å². The van der Waals surface area contributed by atoms with Crippen molar-refractivity contribution in [1.29, 1.82) is 0 Å². The quantitative estimate of drug-likeness (QED) is 0.931. The molecule has 0 radical (unpaired) electrons. The monoisotopic (exact) mass is 332 g/mol. The number of hydrogen-bond acceptors (Lipinski definition) is 3. The normalized spacial score (nSPS) is 18.0. The second-order valence-electron chi connectivity index (χ2n) is 5.62. The van der Waals surface area contributed by atoms with Crippen molar-refractivity contribution >= 4 is 23.4 Å². The van der Waals surface area contributed by atoms with Gasteiger partial charge in [0.05, 0.1) is 28.4 Å². The number of amides is 2. The summed E-state index contributed by atoms with van der Waals surface area (Å²) in [5.74, 6) is -0.769. The van der Waals surface area contributed by atoms with Crippen molar-refractivity contribution in [3.63, 3.8) is 0 Å². The first-order valence-electron chi connectivity index (χ1n) is 7.44. The molecule has 2 aromatic rings. The Hall–Kier alpha value is -2.34. The number of nitrogens with zero attached hydrogens (tertiary/aromatic N) is 3. The van der Waals surface area contributed by atoms with E-state index in [9.17, 15) is 9.59 Å². The van der Waals surface area contributed by atoms with Crippen LogP contribution < -0.4 is 5.73 Å². The number of halogens is 1. The van der Waals surface area contributed by atoms with Crippen molar-refractivity contribution in [1.82, 2.24) is 14.7 Å². The third-order valence-corrected chi connectivity index (χ3v) is 4.36. The Bertz CT molecular complexity index is 743. The molecule has 2 heterocycles. The first kappa shape index (κ1) is 15.6. The lowest BCUT2D eigenvalue weighted by Crippen LogP contribution is -2.44. The first-order chi connectivity index (χ1) is 11.1. The van der Waals surface area contributed by atoms with E-state index in [0.29, 0.717) is 29.4 Å². The van der Waals surface area contributed by atoms with Gasteiger partial charge < -0.3 is 10.6 Å². The highest BCUT2D eigenvalue weighted by atomic mass is 35.5. The third kappa shape index (κ3) is 3.22. The summed E-state index contributed by atoms with van der Waals surface area (Å²) in [6, 6.07) is 7.28. The van der Waals surface area contributed by atoms with E-state index < -0.39 is 0 Å². The zero-order valence-corrected chi connectivity index (χ0v) is 13.2. The molecule has 0 aliphatic carbocycles. The molecule has 2 N–H and O–H groups in total. The Balaban J connectivity index is 1.79. The Morgan fingerprint density at radius 1 is 1.30 bits per heavy atom. The number of nitrogens with two attached hydrogens (primary N) is 1. The first-order valence-corrected chi connectivity index (χ1v) is 7.82. The molecule has 1 atom stereocenters. The van der Waals surface area contributed by atoms with Gasteiger partial charge in [0, 0.05) is 19.3 Å². The van der Waals surface area contributed by atoms with E-state index in [2.05, 4.69) is 5.10 Å². The summed E-state index contributed by atoms with van der Waals surface area (Å²) in [5, 5.41) is 4.77. The number of carbonyl (C=O) groups is 2. The molecule has 1 aliphatic heterocycles. The van der Waals surface area contributed by atoms with Crippen molar-refractivity contribution in [2.75, 3.05) is 13.1 Å². The zero-order valence-electron chi connectivity index (χ0n) is 12.5. The van der Waals surface area contributed by atoms with Gasteiger partial charge in [-0.15, -0.1) is 0 Å². The summed E-state index contributed by atoms with van der Waals surface area (Å²) < 4.78 is 1.57. The van der Waals surface area contributed by atoms with Crippen LogP contribution in [0.3, 0.4) is 0 Å². The van der Waals surface area contributed by atoms with Crippen LogP contribution in [-0.4, -0.2) is 39.6 Å². The highest BCUT2D eigenvalue weighted by Crippen LogP contribution is 2.21. The predicted molar refractivity (Wildman–Crippen MR) is 86.4 cm³/mol. The predicted octanol–water partition coefficient (Wildman–Crippen LogP) is 1.86. The summed E-state index contributed by atoms with van der Waals surface area (Å²) in [5.41, 5.74) is 6.53. The van der Waals surface area contributed by atoms with Gasteiger partial charge in [0.1, 0.15) is 0 Å². The van der Waals surface area contributed by atoms with E-state index in [1.807, 2.05) is 18.2 Å². The molecule has 0 bridgehead atoms. The highest BCUT2D eigenvalue weighted by molar-refractivity contribution is 6.32. The van der Waals surface area contributed by atoms with E-state index in [1.165, 1.54) is 6.20 Å². The summed E-state index contributed by atoms with van der Waals surface area (Å²) in [4.78, 5) is 25.6. The Morgan fingerprint density at radius 2 is 2.09 bits per heavy atom. The lowest BCUT2D eigenvalue weighted by atomic mass is 9.97. The summed E-state index contributed by atoms with van der Waals surface area (Å²) in [7, 11) is 0. The van der Waals surface area contributed by atoms with Gasteiger partial charge >= 0.3 is 0 Å². The van der Waals surface area contributed by atoms with Crippen LogP contribution in [0.2, 0.25) is 5.02 Å². The maximum Gasteiger partial charge on any atom is 0.257 e. The number of benzene rings is 1. The second-order valence-corrected chi connectivity index (χ2v) is 6.02. The summed E-state index contributed by atoms with van der Waals surface area (Å²) in [6.07, 6.45) is 4.67. The lowest BCUT2D eigenvalue weighted by molar-refractivity contribution is -0.123. The van der Waals surface area contributed by atoms with E-state index in [1.54, 1.807) is 21.8 Å². The van der Waals surface area contributed by atoms with Crippen LogP contribution in [0.4, 0.5) is 0 Å². The molecule has 2 amide bonds. The van der Waals surface area contributed by atoms with Gasteiger partial charge in [-0.05, 0) is 25.0 Å². The fraction of sp³-hybridized carbons (Fsp3) is 0.312. The van der Waals surface area contributed by atoms with Gasteiger partial charge in [0.15, 0.2) is 0 Å². The molecule has 1 unspecified atom stereocenters. The summed E-state index contributed by atoms with van der Waals surface area (Å²) >= 11 is 6.14. The maximum atomic E-state index is 12.6. The number of piperidine rings is 1. The number of aromatic nitrogens is 2. The topological polar surface area (TPSA) is 81.2 Å². The van der Waals surface area contributed by atoms with Crippen LogP contribution in [-0.2, 0) is 4.79 Å². The minimum Gasteiger partial charge on any atom is -0.369 e. The second kappa shape index (κ2) is 6.42. The molecule has 1 aliphatic rings. The van der Waals surface area contributed by atoms with Gasteiger partial charge in [-0.1, -0.05) is 23.7 Å².